The predicted octanol–water partition coefficient (Wildman–Crippen LogP) is 4.91. The van der Waals surface area contributed by atoms with E-state index in [2.05, 4.69) is 20.6 Å². The Kier molecular flexibility index (Phi) is 5.88. The molecule has 0 saturated carbocycles. The maximum absolute atomic E-state index is 12.6. The molecule has 0 fully saturated rings. The molecule has 6 nitrogen and oxygen atoms in total. The first-order valence-electron chi connectivity index (χ1n) is 8.44. The molecule has 2 N–H and O–H groups in total. The van der Waals surface area contributed by atoms with Crippen molar-refractivity contribution in [1.29, 1.82) is 0 Å². The number of para-hydroxylation sites is 3. The molecule has 0 saturated heterocycles. The van der Waals surface area contributed by atoms with Gasteiger partial charge >= 0.3 is 0 Å². The highest BCUT2D eigenvalue weighted by atomic mass is 35.5. The number of ether oxygens (including phenoxy) is 1. The SMILES string of the molecule is CC(C)Oc1ccccc1NC(=O)c1ccnc(Nc2ccccc2Cl)n1. The van der Waals surface area contributed by atoms with Crippen LogP contribution in [0.2, 0.25) is 5.02 Å². The van der Waals surface area contributed by atoms with E-state index in [0.717, 1.165) is 0 Å². The predicted molar refractivity (Wildman–Crippen MR) is 107 cm³/mol. The molecule has 0 aliphatic rings. The number of amides is 1. The van der Waals surface area contributed by atoms with Crippen molar-refractivity contribution >= 4 is 34.8 Å². The third-order valence-corrected chi connectivity index (χ3v) is 3.84. The molecule has 0 aliphatic carbocycles. The lowest BCUT2D eigenvalue weighted by Gasteiger charge is -2.14. The smallest absolute Gasteiger partial charge is 0.274 e. The van der Waals surface area contributed by atoms with Crippen LogP contribution >= 0.6 is 11.6 Å². The maximum Gasteiger partial charge on any atom is 0.274 e. The van der Waals surface area contributed by atoms with E-state index in [1.807, 2.05) is 38.1 Å². The zero-order valence-corrected chi connectivity index (χ0v) is 15.7. The lowest BCUT2D eigenvalue weighted by Crippen LogP contribution is -2.16. The third-order valence-electron chi connectivity index (χ3n) is 3.51. The second-order valence-electron chi connectivity index (χ2n) is 5.99. The molecule has 0 aliphatic heterocycles. The van der Waals surface area contributed by atoms with Gasteiger partial charge in [0.25, 0.3) is 5.91 Å². The van der Waals surface area contributed by atoms with E-state index in [1.165, 1.54) is 6.20 Å². The summed E-state index contributed by atoms with van der Waals surface area (Å²) < 4.78 is 5.72. The number of benzene rings is 2. The Hall–Kier alpha value is -3.12. The van der Waals surface area contributed by atoms with Crippen LogP contribution in [0.1, 0.15) is 24.3 Å². The van der Waals surface area contributed by atoms with Gasteiger partial charge in [-0.15, -0.1) is 0 Å². The Balaban J connectivity index is 1.77. The van der Waals surface area contributed by atoms with Crippen molar-refractivity contribution in [3.8, 4) is 5.75 Å². The van der Waals surface area contributed by atoms with Crippen LogP contribution in [0.5, 0.6) is 5.75 Å². The van der Waals surface area contributed by atoms with Crippen LogP contribution in [0.25, 0.3) is 0 Å². The maximum atomic E-state index is 12.6. The molecule has 2 aromatic carbocycles. The van der Waals surface area contributed by atoms with Crippen molar-refractivity contribution in [1.82, 2.24) is 9.97 Å². The standard InChI is InChI=1S/C20H19ClN4O2/c1-13(2)27-18-10-6-5-9-16(18)23-19(26)17-11-12-22-20(25-17)24-15-8-4-3-7-14(15)21/h3-13H,1-2H3,(H,23,26)(H,22,24,25). The first-order chi connectivity index (χ1) is 13.0. The zero-order valence-electron chi connectivity index (χ0n) is 14.9. The van der Waals surface area contributed by atoms with Crippen LogP contribution in [-0.4, -0.2) is 22.0 Å². The van der Waals surface area contributed by atoms with Crippen molar-refractivity contribution in [3.05, 3.63) is 71.5 Å². The fourth-order valence-electron chi connectivity index (χ4n) is 2.34. The molecule has 0 bridgehead atoms. The van der Waals surface area contributed by atoms with Crippen LogP contribution in [0.4, 0.5) is 17.3 Å². The molecule has 0 unspecified atom stereocenters. The number of hydrogen-bond donors (Lipinski definition) is 2. The molecular weight excluding hydrogens is 364 g/mol. The lowest BCUT2D eigenvalue weighted by atomic mass is 10.2. The molecular formula is C20H19ClN4O2. The van der Waals surface area contributed by atoms with Crippen LogP contribution in [0, 0.1) is 0 Å². The minimum atomic E-state index is -0.362. The summed E-state index contributed by atoms with van der Waals surface area (Å²) in [7, 11) is 0. The fourth-order valence-corrected chi connectivity index (χ4v) is 2.52. The number of carbonyl (C=O) groups is 1. The summed E-state index contributed by atoms with van der Waals surface area (Å²) in [6, 6.07) is 16.0. The Labute approximate surface area is 162 Å². The van der Waals surface area contributed by atoms with E-state index < -0.39 is 0 Å². The van der Waals surface area contributed by atoms with E-state index >= 15 is 0 Å². The summed E-state index contributed by atoms with van der Waals surface area (Å²) in [6.45, 7) is 3.85. The number of anilines is 3. The van der Waals surface area contributed by atoms with Crippen LogP contribution < -0.4 is 15.4 Å². The van der Waals surface area contributed by atoms with Crippen LogP contribution in [0.15, 0.2) is 60.8 Å². The van der Waals surface area contributed by atoms with E-state index in [0.29, 0.717) is 22.1 Å². The minimum Gasteiger partial charge on any atom is -0.489 e. The number of nitrogens with zero attached hydrogens (tertiary/aromatic N) is 2. The van der Waals surface area contributed by atoms with E-state index in [-0.39, 0.29) is 23.7 Å². The summed E-state index contributed by atoms with van der Waals surface area (Å²) in [4.78, 5) is 21.0. The van der Waals surface area contributed by atoms with Gasteiger partial charge in [0.15, 0.2) is 0 Å². The Morgan fingerprint density at radius 2 is 1.74 bits per heavy atom. The van der Waals surface area contributed by atoms with E-state index in [4.69, 9.17) is 16.3 Å². The number of halogens is 1. The van der Waals surface area contributed by atoms with Gasteiger partial charge in [-0.05, 0) is 44.2 Å². The number of rotatable bonds is 6. The monoisotopic (exact) mass is 382 g/mol. The number of nitrogens with one attached hydrogen (secondary N) is 2. The highest BCUT2D eigenvalue weighted by molar-refractivity contribution is 6.33. The van der Waals surface area contributed by atoms with Crippen molar-refractivity contribution in [2.75, 3.05) is 10.6 Å². The quantitative estimate of drug-likeness (QED) is 0.633. The van der Waals surface area contributed by atoms with Gasteiger partial charge in [0.05, 0.1) is 22.5 Å². The number of aromatic nitrogens is 2. The average Bonchev–Trinajstić information content (AvgIpc) is 2.65. The van der Waals surface area contributed by atoms with Gasteiger partial charge in [0, 0.05) is 6.20 Å². The minimum absolute atomic E-state index is 0.00599. The molecule has 1 amide bonds. The fraction of sp³-hybridized carbons (Fsp3) is 0.150. The second kappa shape index (κ2) is 8.51. The lowest BCUT2D eigenvalue weighted by molar-refractivity contribution is 0.102. The first kappa shape index (κ1) is 18.7. The number of hydrogen-bond acceptors (Lipinski definition) is 5. The molecule has 1 aromatic heterocycles. The summed E-state index contributed by atoms with van der Waals surface area (Å²) >= 11 is 6.13. The van der Waals surface area contributed by atoms with Gasteiger partial charge in [0.2, 0.25) is 5.95 Å². The summed E-state index contributed by atoms with van der Waals surface area (Å²) in [5.41, 5.74) is 1.46. The first-order valence-corrected chi connectivity index (χ1v) is 8.82. The van der Waals surface area contributed by atoms with Crippen molar-refractivity contribution < 1.29 is 9.53 Å². The van der Waals surface area contributed by atoms with Gasteiger partial charge in [-0.25, -0.2) is 9.97 Å². The Bertz CT molecular complexity index is 947. The van der Waals surface area contributed by atoms with E-state index in [1.54, 1.807) is 30.3 Å². The van der Waals surface area contributed by atoms with Crippen molar-refractivity contribution in [3.63, 3.8) is 0 Å². The number of carbonyl (C=O) groups excluding carboxylic acids is 1. The van der Waals surface area contributed by atoms with Crippen molar-refractivity contribution in [2.24, 2.45) is 0 Å². The summed E-state index contributed by atoms with van der Waals surface area (Å²) in [5, 5.41) is 6.37. The summed E-state index contributed by atoms with van der Waals surface area (Å²) in [5.74, 6) is 0.520. The molecule has 0 atom stereocenters. The van der Waals surface area contributed by atoms with Crippen LogP contribution in [0.3, 0.4) is 0 Å². The van der Waals surface area contributed by atoms with Gasteiger partial charge in [-0.1, -0.05) is 35.9 Å². The topological polar surface area (TPSA) is 76.1 Å². The van der Waals surface area contributed by atoms with Gasteiger partial charge in [-0.3, -0.25) is 4.79 Å². The highest BCUT2D eigenvalue weighted by Crippen LogP contribution is 2.26. The molecule has 3 rings (SSSR count). The van der Waals surface area contributed by atoms with Gasteiger partial charge in [0.1, 0.15) is 11.4 Å². The molecule has 27 heavy (non-hydrogen) atoms. The Morgan fingerprint density at radius 3 is 2.48 bits per heavy atom. The normalized spacial score (nSPS) is 10.5. The van der Waals surface area contributed by atoms with Gasteiger partial charge in [-0.2, -0.15) is 0 Å². The van der Waals surface area contributed by atoms with Crippen molar-refractivity contribution in [2.45, 2.75) is 20.0 Å². The second-order valence-corrected chi connectivity index (χ2v) is 6.39. The molecule has 0 spiro atoms. The molecule has 1 heterocycles. The summed E-state index contributed by atoms with van der Waals surface area (Å²) in [6.07, 6.45) is 1.51. The Morgan fingerprint density at radius 1 is 1.04 bits per heavy atom. The molecule has 0 radical (unpaired) electrons. The highest BCUT2D eigenvalue weighted by Gasteiger charge is 2.13. The van der Waals surface area contributed by atoms with E-state index in [9.17, 15) is 4.79 Å². The molecule has 3 aromatic rings. The largest absolute Gasteiger partial charge is 0.489 e. The zero-order chi connectivity index (χ0) is 19.2. The third kappa shape index (κ3) is 4.95. The van der Waals surface area contributed by atoms with Gasteiger partial charge < -0.3 is 15.4 Å². The molecule has 138 valence electrons. The van der Waals surface area contributed by atoms with Crippen LogP contribution in [-0.2, 0) is 0 Å². The average molecular weight is 383 g/mol. The molecule has 7 heteroatoms.